The van der Waals surface area contributed by atoms with Gasteiger partial charge in [-0.1, -0.05) is 13.8 Å². The molecule has 1 aliphatic heterocycles. The van der Waals surface area contributed by atoms with E-state index in [0.717, 1.165) is 31.4 Å². The van der Waals surface area contributed by atoms with Gasteiger partial charge in [-0.25, -0.2) is 9.97 Å². The molecule has 0 radical (unpaired) electrons. The summed E-state index contributed by atoms with van der Waals surface area (Å²) in [6.45, 7) is 10.1. The van der Waals surface area contributed by atoms with Gasteiger partial charge in [0.1, 0.15) is 5.82 Å². The van der Waals surface area contributed by atoms with Crippen molar-refractivity contribution in [3.63, 3.8) is 0 Å². The molecular weight excluding hydrogens is 248 g/mol. The van der Waals surface area contributed by atoms with Crippen LogP contribution in [0, 0.1) is 11.8 Å². The normalized spacial score (nSPS) is 31.7. The molecule has 1 aromatic rings. The van der Waals surface area contributed by atoms with Crippen LogP contribution in [0.5, 0.6) is 0 Å². The van der Waals surface area contributed by atoms with Crippen LogP contribution in [-0.4, -0.2) is 39.5 Å². The largest absolute Gasteiger partial charge is 0.308 e. The molecule has 4 heteroatoms. The van der Waals surface area contributed by atoms with Gasteiger partial charge in [0, 0.05) is 37.1 Å². The van der Waals surface area contributed by atoms with Crippen molar-refractivity contribution in [1.82, 2.24) is 20.2 Å². The third-order valence-corrected chi connectivity index (χ3v) is 4.93. The molecular formula is C16H26N4. The average Bonchev–Trinajstić information content (AvgIpc) is 3.24. The minimum Gasteiger partial charge on any atom is -0.308 e. The van der Waals surface area contributed by atoms with Gasteiger partial charge in [0.2, 0.25) is 0 Å². The molecule has 0 amide bonds. The van der Waals surface area contributed by atoms with Crippen LogP contribution >= 0.6 is 0 Å². The van der Waals surface area contributed by atoms with Crippen LogP contribution in [0.1, 0.15) is 39.4 Å². The first kappa shape index (κ1) is 14.0. The molecule has 0 bridgehead atoms. The minimum atomic E-state index is 0.278. The summed E-state index contributed by atoms with van der Waals surface area (Å²) >= 11 is 0. The lowest BCUT2D eigenvalue weighted by Crippen LogP contribution is -2.64. The summed E-state index contributed by atoms with van der Waals surface area (Å²) in [6, 6.07) is 2.46. The zero-order valence-corrected chi connectivity index (χ0v) is 12.8. The first-order chi connectivity index (χ1) is 9.58. The van der Waals surface area contributed by atoms with Crippen LogP contribution in [0.15, 0.2) is 18.5 Å². The molecule has 2 heterocycles. The van der Waals surface area contributed by atoms with Gasteiger partial charge in [-0.2, -0.15) is 0 Å². The highest BCUT2D eigenvalue weighted by Crippen LogP contribution is 2.41. The molecule has 1 N–H and O–H groups in total. The van der Waals surface area contributed by atoms with E-state index in [2.05, 4.69) is 41.0 Å². The number of nitrogens with one attached hydrogen (secondary N) is 1. The van der Waals surface area contributed by atoms with E-state index >= 15 is 0 Å². The Morgan fingerprint density at radius 3 is 2.65 bits per heavy atom. The Balaban J connectivity index is 1.75. The van der Waals surface area contributed by atoms with Gasteiger partial charge in [0.25, 0.3) is 0 Å². The van der Waals surface area contributed by atoms with Crippen molar-refractivity contribution < 1.29 is 0 Å². The van der Waals surface area contributed by atoms with Crippen molar-refractivity contribution in [3.05, 3.63) is 24.3 Å². The molecule has 2 aliphatic rings. The van der Waals surface area contributed by atoms with Crippen LogP contribution in [0.2, 0.25) is 0 Å². The molecule has 4 nitrogen and oxygen atoms in total. The van der Waals surface area contributed by atoms with E-state index in [-0.39, 0.29) is 5.54 Å². The van der Waals surface area contributed by atoms with Crippen LogP contribution in [0.25, 0.3) is 0 Å². The lowest BCUT2D eigenvalue weighted by molar-refractivity contribution is 0.0443. The molecule has 2 unspecified atom stereocenters. The van der Waals surface area contributed by atoms with E-state index in [4.69, 9.17) is 0 Å². The quantitative estimate of drug-likeness (QED) is 0.912. The van der Waals surface area contributed by atoms with Gasteiger partial charge in [-0.3, -0.25) is 4.90 Å². The van der Waals surface area contributed by atoms with Crippen LogP contribution in [0.4, 0.5) is 0 Å². The topological polar surface area (TPSA) is 41.0 Å². The van der Waals surface area contributed by atoms with Crippen molar-refractivity contribution in [2.24, 2.45) is 11.8 Å². The Morgan fingerprint density at radius 1 is 1.35 bits per heavy atom. The number of hydrogen-bond acceptors (Lipinski definition) is 4. The zero-order chi connectivity index (χ0) is 14.2. The highest BCUT2D eigenvalue weighted by molar-refractivity contribution is 5.05. The van der Waals surface area contributed by atoms with Crippen LogP contribution in [-0.2, 0) is 6.54 Å². The van der Waals surface area contributed by atoms with Gasteiger partial charge in [0.05, 0.1) is 6.54 Å². The maximum atomic E-state index is 4.40. The second-order valence-electron chi connectivity index (χ2n) is 6.95. The molecule has 0 spiro atoms. The van der Waals surface area contributed by atoms with Gasteiger partial charge >= 0.3 is 0 Å². The van der Waals surface area contributed by atoms with Crippen LogP contribution in [0.3, 0.4) is 0 Å². The monoisotopic (exact) mass is 274 g/mol. The predicted molar refractivity (Wildman–Crippen MR) is 80.2 cm³/mol. The Bertz CT molecular complexity index is 443. The summed E-state index contributed by atoms with van der Waals surface area (Å²) in [5.41, 5.74) is 0.278. The van der Waals surface area contributed by atoms with E-state index in [0.29, 0.717) is 12.0 Å². The number of hydrogen-bond donors (Lipinski definition) is 1. The van der Waals surface area contributed by atoms with Gasteiger partial charge < -0.3 is 5.32 Å². The second-order valence-corrected chi connectivity index (χ2v) is 6.95. The summed E-state index contributed by atoms with van der Waals surface area (Å²) in [7, 11) is 0. The molecule has 1 saturated heterocycles. The van der Waals surface area contributed by atoms with Crippen molar-refractivity contribution in [1.29, 1.82) is 0 Å². The van der Waals surface area contributed by atoms with E-state index < -0.39 is 0 Å². The summed E-state index contributed by atoms with van der Waals surface area (Å²) in [6.07, 6.45) is 6.45. The third-order valence-electron chi connectivity index (χ3n) is 4.93. The summed E-state index contributed by atoms with van der Waals surface area (Å²) in [5.74, 6) is 2.45. The maximum absolute atomic E-state index is 4.40. The predicted octanol–water partition coefficient (Wildman–Crippen LogP) is 2.08. The maximum Gasteiger partial charge on any atom is 0.142 e. The standard InChI is InChI=1S/C16H26N4/c1-12(2)14-9-19-16(3,13-5-6-13)11-20(14)10-15-17-7-4-8-18-15/h4,7-8,12-14,19H,5-6,9-11H2,1-3H3. The molecule has 1 aromatic heterocycles. The van der Waals surface area contributed by atoms with Crippen LogP contribution < -0.4 is 5.32 Å². The number of rotatable bonds is 4. The number of piperazine rings is 1. The zero-order valence-electron chi connectivity index (χ0n) is 12.8. The summed E-state index contributed by atoms with van der Waals surface area (Å²) < 4.78 is 0. The fraction of sp³-hybridized carbons (Fsp3) is 0.750. The van der Waals surface area contributed by atoms with E-state index in [1.165, 1.54) is 12.8 Å². The van der Waals surface area contributed by atoms with Crippen molar-refractivity contribution in [2.75, 3.05) is 13.1 Å². The van der Waals surface area contributed by atoms with Gasteiger partial charge in [0.15, 0.2) is 0 Å². The van der Waals surface area contributed by atoms with E-state index in [1.54, 1.807) is 0 Å². The molecule has 0 aromatic carbocycles. The fourth-order valence-corrected chi connectivity index (χ4v) is 3.48. The minimum absolute atomic E-state index is 0.278. The number of nitrogens with zero attached hydrogens (tertiary/aromatic N) is 3. The van der Waals surface area contributed by atoms with Crippen molar-refractivity contribution >= 4 is 0 Å². The second kappa shape index (κ2) is 5.41. The van der Waals surface area contributed by atoms with Gasteiger partial charge in [-0.05, 0) is 37.7 Å². The molecule has 1 saturated carbocycles. The fourth-order valence-electron chi connectivity index (χ4n) is 3.48. The summed E-state index contributed by atoms with van der Waals surface area (Å²) in [4.78, 5) is 11.4. The molecule has 110 valence electrons. The first-order valence-electron chi connectivity index (χ1n) is 7.83. The smallest absolute Gasteiger partial charge is 0.142 e. The lowest BCUT2D eigenvalue weighted by Gasteiger charge is -2.48. The molecule has 1 aliphatic carbocycles. The lowest BCUT2D eigenvalue weighted by atomic mass is 9.88. The molecule has 20 heavy (non-hydrogen) atoms. The Kier molecular flexibility index (Phi) is 3.78. The first-order valence-corrected chi connectivity index (χ1v) is 7.83. The SMILES string of the molecule is CC(C)C1CNC(C)(C2CC2)CN1Cc1ncccn1. The summed E-state index contributed by atoms with van der Waals surface area (Å²) in [5, 5.41) is 3.82. The van der Waals surface area contributed by atoms with Crippen molar-refractivity contribution in [2.45, 2.75) is 51.7 Å². The number of aromatic nitrogens is 2. The van der Waals surface area contributed by atoms with Gasteiger partial charge in [-0.15, -0.1) is 0 Å². The Hall–Kier alpha value is -1.00. The molecule has 2 fully saturated rings. The van der Waals surface area contributed by atoms with E-state index in [1.807, 2.05) is 18.5 Å². The highest BCUT2D eigenvalue weighted by atomic mass is 15.3. The average molecular weight is 274 g/mol. The molecule has 2 atom stereocenters. The Labute approximate surface area is 122 Å². The third kappa shape index (κ3) is 2.86. The Morgan fingerprint density at radius 2 is 2.05 bits per heavy atom. The van der Waals surface area contributed by atoms with Crippen molar-refractivity contribution in [3.8, 4) is 0 Å². The molecule has 3 rings (SSSR count). The highest BCUT2D eigenvalue weighted by Gasteiger charge is 2.46. The van der Waals surface area contributed by atoms with E-state index in [9.17, 15) is 0 Å².